The lowest BCUT2D eigenvalue weighted by Crippen LogP contribution is -2.31. The van der Waals surface area contributed by atoms with Crippen molar-refractivity contribution in [3.8, 4) is 0 Å². The van der Waals surface area contributed by atoms with Crippen LogP contribution in [0, 0.1) is 5.41 Å². The highest BCUT2D eigenvalue weighted by Crippen LogP contribution is 2.67. The Labute approximate surface area is 249 Å². The number of halogens is 2. The first-order valence-electron chi connectivity index (χ1n) is 15.4. The van der Waals surface area contributed by atoms with E-state index in [1.54, 1.807) is 0 Å². The van der Waals surface area contributed by atoms with Crippen LogP contribution >= 0.6 is 55.0 Å². The molecule has 0 aliphatic carbocycles. The summed E-state index contributed by atoms with van der Waals surface area (Å²) in [5.41, 5.74) is 0.206. The average molecular weight is 663 g/mol. The molecule has 0 radical (unpaired) electrons. The fraction of sp³-hybridized carbons (Fsp3) is 0.812. The predicted molar refractivity (Wildman–Crippen MR) is 176 cm³/mol. The van der Waals surface area contributed by atoms with Crippen molar-refractivity contribution in [2.75, 3.05) is 0 Å². The molecule has 0 unspecified atom stereocenters. The quantitative estimate of drug-likeness (QED) is 0.0830. The van der Waals surface area contributed by atoms with Gasteiger partial charge in [-0.05, 0) is 24.3 Å². The zero-order chi connectivity index (χ0) is 26.0. The van der Waals surface area contributed by atoms with Crippen molar-refractivity contribution in [1.29, 1.82) is 0 Å². The van der Waals surface area contributed by atoms with Gasteiger partial charge < -0.3 is 0 Å². The lowest BCUT2D eigenvalue weighted by Gasteiger charge is -2.37. The first-order chi connectivity index (χ1) is 17.5. The van der Waals surface area contributed by atoms with Crippen LogP contribution in [0.2, 0.25) is 0 Å². The van der Waals surface area contributed by atoms with Crippen molar-refractivity contribution in [3.05, 3.63) is 28.5 Å². The number of hydrogen-bond acceptors (Lipinski definition) is 2. The summed E-state index contributed by atoms with van der Waals surface area (Å²) in [6.07, 6.45) is 33.4. The molecule has 0 N–H and O–H groups in total. The number of thiophene rings is 1. The summed E-state index contributed by atoms with van der Waals surface area (Å²) in [7, 11) is 0. The molecule has 1 aliphatic rings. The molecule has 0 spiro atoms. The number of thioether (sulfide) groups is 1. The number of unbranched alkanes of at least 4 members (excludes halogenated alkanes) is 18. The first-order valence-corrected chi connectivity index (χ1v) is 18.7. The van der Waals surface area contributed by atoms with E-state index in [1.165, 1.54) is 151 Å². The lowest BCUT2D eigenvalue weighted by molar-refractivity contribution is 0.319. The summed E-state index contributed by atoms with van der Waals surface area (Å²) in [5.74, 6) is 0. The molecule has 0 amide bonds. The van der Waals surface area contributed by atoms with Gasteiger partial charge in [0, 0.05) is 15.2 Å². The normalized spacial score (nSPS) is 16.5. The third-order valence-corrected chi connectivity index (χ3v) is 12.7. The van der Waals surface area contributed by atoms with Crippen LogP contribution in [0.3, 0.4) is 0 Å². The Morgan fingerprint density at radius 1 is 0.611 bits per heavy atom. The molecule has 0 atom stereocenters. The van der Waals surface area contributed by atoms with E-state index < -0.39 is 0 Å². The molecule has 4 heteroatoms. The molecule has 36 heavy (non-hydrogen) atoms. The second-order valence-electron chi connectivity index (χ2n) is 11.1. The maximum atomic E-state index is 4.17. The van der Waals surface area contributed by atoms with Crippen LogP contribution in [-0.2, 0) is 0 Å². The third-order valence-electron chi connectivity index (χ3n) is 7.94. The summed E-state index contributed by atoms with van der Waals surface area (Å²) in [6.45, 7) is 4.61. The molecule has 1 aromatic rings. The highest BCUT2D eigenvalue weighted by molar-refractivity contribution is 9.28. The van der Waals surface area contributed by atoms with Crippen LogP contribution in [0.25, 0.3) is 4.91 Å². The smallest absolute Gasteiger partial charge is 0.139 e. The molecule has 208 valence electrons. The molecule has 0 fully saturated rings. The zero-order valence-corrected chi connectivity index (χ0v) is 28.2. The van der Waals surface area contributed by atoms with Crippen LogP contribution in [0.5, 0.6) is 0 Å². The molecular weight excluding hydrogens is 608 g/mol. The Morgan fingerprint density at radius 2 is 1.03 bits per heavy atom. The fourth-order valence-corrected chi connectivity index (χ4v) is 9.73. The van der Waals surface area contributed by atoms with Gasteiger partial charge in [0.15, 0.2) is 0 Å². The van der Waals surface area contributed by atoms with Gasteiger partial charge in [-0.1, -0.05) is 198 Å². The van der Waals surface area contributed by atoms with Crippen LogP contribution in [0.15, 0.2) is 23.6 Å². The largest absolute Gasteiger partial charge is 0.143 e. The van der Waals surface area contributed by atoms with Crippen molar-refractivity contribution in [2.24, 2.45) is 5.41 Å². The predicted octanol–water partition coefficient (Wildman–Crippen LogP) is 13.9. The second kappa shape index (κ2) is 19.8. The molecule has 0 nitrogen and oxygen atoms in total. The van der Waals surface area contributed by atoms with Crippen molar-refractivity contribution in [1.82, 2.24) is 0 Å². The summed E-state index contributed by atoms with van der Waals surface area (Å²) in [5, 5.41) is 2.21. The molecule has 0 bridgehead atoms. The molecular formula is C32H54Br2S2. The average Bonchev–Trinajstić information content (AvgIpc) is 3.48. The Morgan fingerprint density at radius 3 is 1.42 bits per heavy atom. The highest BCUT2D eigenvalue weighted by atomic mass is 79.9. The van der Waals surface area contributed by atoms with Crippen molar-refractivity contribution in [2.45, 2.75) is 158 Å². The van der Waals surface area contributed by atoms with E-state index >= 15 is 0 Å². The van der Waals surface area contributed by atoms with Gasteiger partial charge in [0.25, 0.3) is 0 Å². The first kappa shape index (κ1) is 33.0. The molecule has 0 saturated heterocycles. The van der Waals surface area contributed by atoms with Gasteiger partial charge in [0.1, 0.15) is 2.57 Å². The molecule has 1 aliphatic heterocycles. The van der Waals surface area contributed by atoms with Crippen LogP contribution in [-0.4, -0.2) is 2.57 Å². The van der Waals surface area contributed by atoms with Gasteiger partial charge in [-0.3, -0.25) is 0 Å². The Bertz CT molecular complexity index is 656. The maximum absolute atomic E-state index is 4.17. The number of rotatable bonds is 23. The van der Waals surface area contributed by atoms with Crippen LogP contribution < -0.4 is 0 Å². The number of allylic oxidation sites excluding steroid dienone is 1. The summed E-state index contributed by atoms with van der Waals surface area (Å²) < 4.78 is -0.0646. The van der Waals surface area contributed by atoms with E-state index in [2.05, 4.69) is 69.3 Å². The SMILES string of the molecule is CCCCCCCCCCCCC1(CCCCCCCCCCCC)C=C(c2cccs2)SC1(Br)Br. The standard InChI is InChI=1S/C32H54Br2S2/c1-3-5-7-9-11-13-15-17-19-21-25-31(26-22-20-18-16-14-12-10-8-6-4-2)28-30(36-32(31,33)34)29-24-23-27-35-29/h23-24,27-28H,3-22,25-26H2,1-2H3. The van der Waals surface area contributed by atoms with E-state index in [4.69, 9.17) is 0 Å². The molecule has 2 rings (SSSR count). The van der Waals surface area contributed by atoms with Gasteiger partial charge in [0.2, 0.25) is 0 Å². The second-order valence-corrected chi connectivity index (χ2v) is 17.8. The van der Waals surface area contributed by atoms with Crippen LogP contribution in [0.1, 0.15) is 160 Å². The minimum atomic E-state index is -0.0646. The lowest BCUT2D eigenvalue weighted by atomic mass is 9.79. The molecule has 0 aromatic carbocycles. The van der Waals surface area contributed by atoms with E-state index in [-0.39, 0.29) is 7.98 Å². The minimum absolute atomic E-state index is 0.0646. The van der Waals surface area contributed by atoms with Gasteiger partial charge >= 0.3 is 0 Å². The maximum Gasteiger partial charge on any atom is 0.139 e. The number of hydrogen-bond donors (Lipinski definition) is 0. The fourth-order valence-electron chi connectivity index (χ4n) is 5.56. The van der Waals surface area contributed by atoms with Crippen molar-refractivity contribution >= 4 is 59.9 Å². The van der Waals surface area contributed by atoms with Gasteiger partial charge in [-0.2, -0.15) is 0 Å². The topological polar surface area (TPSA) is 0 Å². The van der Waals surface area contributed by atoms with Crippen molar-refractivity contribution in [3.63, 3.8) is 0 Å². The summed E-state index contributed by atoms with van der Waals surface area (Å²) in [4.78, 5) is 2.90. The Kier molecular flexibility index (Phi) is 18.1. The van der Waals surface area contributed by atoms with E-state index in [0.29, 0.717) is 0 Å². The monoisotopic (exact) mass is 660 g/mol. The molecule has 2 heterocycles. The van der Waals surface area contributed by atoms with E-state index in [0.717, 1.165) is 0 Å². The minimum Gasteiger partial charge on any atom is -0.143 e. The Balaban J connectivity index is 1.78. The van der Waals surface area contributed by atoms with E-state index in [1.807, 2.05) is 23.1 Å². The van der Waals surface area contributed by atoms with Crippen molar-refractivity contribution < 1.29 is 0 Å². The molecule has 1 aromatic heterocycles. The zero-order valence-electron chi connectivity index (χ0n) is 23.4. The van der Waals surface area contributed by atoms with Gasteiger partial charge in [-0.15, -0.1) is 11.3 Å². The molecule has 0 saturated carbocycles. The number of alkyl halides is 2. The Hall–Kier alpha value is 0.750. The summed E-state index contributed by atoms with van der Waals surface area (Å²) in [6, 6.07) is 4.48. The van der Waals surface area contributed by atoms with Gasteiger partial charge in [-0.25, -0.2) is 0 Å². The third kappa shape index (κ3) is 12.3. The summed E-state index contributed by atoms with van der Waals surface area (Å²) >= 11 is 12.2. The van der Waals surface area contributed by atoms with Gasteiger partial charge in [0.05, 0.1) is 0 Å². The van der Waals surface area contributed by atoms with Crippen LogP contribution in [0.4, 0.5) is 0 Å². The highest BCUT2D eigenvalue weighted by Gasteiger charge is 2.51. The van der Waals surface area contributed by atoms with E-state index in [9.17, 15) is 0 Å².